The number of carbonyl (C=O) groups excluding carboxylic acids is 1. The molecule has 0 aromatic heterocycles. The third-order valence-electron chi connectivity index (χ3n) is 6.23. The van der Waals surface area contributed by atoms with E-state index in [1.54, 1.807) is 0 Å². The van der Waals surface area contributed by atoms with Gasteiger partial charge in [0.25, 0.3) is 0 Å². The molecule has 166 valence electrons. The summed E-state index contributed by atoms with van der Waals surface area (Å²) in [5, 5.41) is 9.71. The van der Waals surface area contributed by atoms with Crippen LogP contribution in [0.5, 0.6) is 0 Å². The zero-order valence-electron chi connectivity index (χ0n) is 19.5. The van der Waals surface area contributed by atoms with Gasteiger partial charge in [-0.1, -0.05) is 43.7 Å². The molecular weight excluding hydrogens is 388 g/mol. The van der Waals surface area contributed by atoms with E-state index in [0.717, 1.165) is 23.2 Å². The number of carbonyl (C=O) groups is 2. The van der Waals surface area contributed by atoms with E-state index in [0.29, 0.717) is 25.1 Å². The third kappa shape index (κ3) is 4.92. The largest absolute Gasteiger partial charge is 0.478 e. The van der Waals surface area contributed by atoms with Gasteiger partial charge in [0.05, 0.1) is 5.56 Å². The number of carboxylic acid groups (broad SMARTS) is 1. The molecule has 1 fully saturated rings. The summed E-state index contributed by atoms with van der Waals surface area (Å²) in [7, 11) is 0. The molecule has 1 aliphatic rings. The molecule has 3 rings (SSSR count). The van der Waals surface area contributed by atoms with Gasteiger partial charge in [-0.05, 0) is 62.9 Å². The number of anilines is 1. The van der Waals surface area contributed by atoms with E-state index in [1.165, 1.54) is 11.3 Å². The van der Waals surface area contributed by atoms with Crippen LogP contribution in [0.25, 0.3) is 0 Å². The maximum absolute atomic E-state index is 13.5. The molecule has 0 spiro atoms. The minimum absolute atomic E-state index is 0.0822. The third-order valence-corrected chi connectivity index (χ3v) is 6.23. The van der Waals surface area contributed by atoms with Crippen LogP contribution in [-0.4, -0.2) is 47.6 Å². The standard InChI is InChI=1S/C26H34N2O3/c1-17-8-7-9-22(14-17)28-11-10-27(16-20(28)4)25(31)26(5,6)15-21-13-18(2)12-19(3)23(21)24(29)30/h7-9,12-14,20H,10-11,15-16H2,1-6H3,(H,29,30). The number of piperazine rings is 1. The summed E-state index contributed by atoms with van der Waals surface area (Å²) in [5.74, 6) is -0.852. The molecule has 1 unspecified atom stereocenters. The van der Waals surface area contributed by atoms with Gasteiger partial charge in [0.1, 0.15) is 0 Å². The number of rotatable bonds is 5. The van der Waals surface area contributed by atoms with Crippen LogP contribution in [0.4, 0.5) is 5.69 Å². The number of aryl methyl sites for hydroxylation is 3. The van der Waals surface area contributed by atoms with Gasteiger partial charge in [-0.2, -0.15) is 0 Å². The second kappa shape index (κ2) is 8.74. The Labute approximate surface area is 185 Å². The summed E-state index contributed by atoms with van der Waals surface area (Å²) in [4.78, 5) is 29.6. The normalized spacial score (nSPS) is 17.0. The fourth-order valence-electron chi connectivity index (χ4n) is 4.81. The summed E-state index contributed by atoms with van der Waals surface area (Å²) >= 11 is 0. The van der Waals surface area contributed by atoms with Crippen molar-refractivity contribution in [1.82, 2.24) is 4.90 Å². The van der Waals surface area contributed by atoms with Crippen LogP contribution in [0.2, 0.25) is 0 Å². The Hall–Kier alpha value is -2.82. The lowest BCUT2D eigenvalue weighted by molar-refractivity contribution is -0.141. The molecule has 0 radical (unpaired) electrons. The summed E-state index contributed by atoms with van der Waals surface area (Å²) < 4.78 is 0. The van der Waals surface area contributed by atoms with Crippen LogP contribution in [0.15, 0.2) is 36.4 Å². The van der Waals surface area contributed by atoms with Gasteiger partial charge in [-0.15, -0.1) is 0 Å². The number of amides is 1. The van der Waals surface area contributed by atoms with Crippen molar-refractivity contribution in [2.45, 2.75) is 54.0 Å². The minimum Gasteiger partial charge on any atom is -0.478 e. The van der Waals surface area contributed by atoms with E-state index in [1.807, 2.05) is 44.7 Å². The van der Waals surface area contributed by atoms with E-state index in [-0.39, 0.29) is 11.9 Å². The Balaban J connectivity index is 1.77. The van der Waals surface area contributed by atoms with E-state index >= 15 is 0 Å². The quantitative estimate of drug-likeness (QED) is 0.764. The zero-order valence-corrected chi connectivity index (χ0v) is 19.5. The molecule has 1 atom stereocenters. The van der Waals surface area contributed by atoms with Crippen LogP contribution >= 0.6 is 0 Å². The summed E-state index contributed by atoms with van der Waals surface area (Å²) in [5.41, 5.74) is 4.55. The summed E-state index contributed by atoms with van der Waals surface area (Å²) in [6.07, 6.45) is 0.405. The average Bonchev–Trinajstić information content (AvgIpc) is 2.66. The summed E-state index contributed by atoms with van der Waals surface area (Å²) in [6, 6.07) is 12.5. The van der Waals surface area contributed by atoms with Crippen LogP contribution in [-0.2, 0) is 11.2 Å². The van der Waals surface area contributed by atoms with Crippen LogP contribution in [0.3, 0.4) is 0 Å². The van der Waals surface area contributed by atoms with Gasteiger partial charge < -0.3 is 14.9 Å². The van der Waals surface area contributed by atoms with Crippen molar-refractivity contribution in [2.75, 3.05) is 24.5 Å². The van der Waals surface area contributed by atoms with Crippen LogP contribution in [0, 0.1) is 26.2 Å². The second-order valence-corrected chi connectivity index (χ2v) is 9.61. The van der Waals surface area contributed by atoms with E-state index in [2.05, 4.69) is 43.0 Å². The van der Waals surface area contributed by atoms with E-state index in [9.17, 15) is 14.7 Å². The summed E-state index contributed by atoms with van der Waals surface area (Å²) in [6.45, 7) is 14.0. The van der Waals surface area contributed by atoms with Crippen LogP contribution in [0.1, 0.15) is 53.4 Å². The van der Waals surface area contributed by atoms with Gasteiger partial charge in [-0.3, -0.25) is 4.79 Å². The Morgan fingerprint density at radius 2 is 1.77 bits per heavy atom. The molecule has 1 heterocycles. The molecule has 2 aromatic carbocycles. The predicted octanol–water partition coefficient (Wildman–Crippen LogP) is 4.62. The first-order valence-electron chi connectivity index (χ1n) is 11.0. The lowest BCUT2D eigenvalue weighted by Gasteiger charge is -2.43. The van der Waals surface area contributed by atoms with Gasteiger partial charge in [0.2, 0.25) is 5.91 Å². The van der Waals surface area contributed by atoms with Gasteiger partial charge in [-0.25, -0.2) is 4.79 Å². The average molecular weight is 423 g/mol. The molecule has 1 saturated heterocycles. The number of benzene rings is 2. The fraction of sp³-hybridized carbons (Fsp3) is 0.462. The molecule has 1 N–H and O–H groups in total. The van der Waals surface area contributed by atoms with Crippen molar-refractivity contribution in [1.29, 1.82) is 0 Å². The minimum atomic E-state index is -0.934. The molecule has 2 aromatic rings. The van der Waals surface area contributed by atoms with Gasteiger partial charge >= 0.3 is 5.97 Å². The van der Waals surface area contributed by atoms with Crippen molar-refractivity contribution in [3.8, 4) is 0 Å². The molecule has 0 bridgehead atoms. The molecule has 0 saturated carbocycles. The monoisotopic (exact) mass is 422 g/mol. The Kier molecular flexibility index (Phi) is 6.44. The molecule has 1 aliphatic heterocycles. The van der Waals surface area contributed by atoms with Crippen molar-refractivity contribution in [2.24, 2.45) is 5.41 Å². The smallest absolute Gasteiger partial charge is 0.336 e. The first-order valence-corrected chi connectivity index (χ1v) is 11.0. The molecule has 5 heteroatoms. The SMILES string of the molecule is Cc1cccc(N2CCN(C(=O)C(C)(C)Cc3cc(C)cc(C)c3C(=O)O)CC2C)c1. The number of carboxylic acids is 1. The van der Waals surface area contributed by atoms with Crippen molar-refractivity contribution >= 4 is 17.6 Å². The van der Waals surface area contributed by atoms with Crippen LogP contribution < -0.4 is 4.90 Å². The van der Waals surface area contributed by atoms with Crippen molar-refractivity contribution in [3.05, 3.63) is 64.2 Å². The molecule has 1 amide bonds. The Morgan fingerprint density at radius 3 is 2.39 bits per heavy atom. The number of nitrogens with zero attached hydrogens (tertiary/aromatic N) is 2. The fourth-order valence-corrected chi connectivity index (χ4v) is 4.81. The topological polar surface area (TPSA) is 60.9 Å². The van der Waals surface area contributed by atoms with Crippen molar-refractivity contribution in [3.63, 3.8) is 0 Å². The Bertz CT molecular complexity index is 996. The molecule has 0 aliphatic carbocycles. The van der Waals surface area contributed by atoms with Crippen molar-refractivity contribution < 1.29 is 14.7 Å². The highest BCUT2D eigenvalue weighted by Gasteiger charge is 2.36. The number of aromatic carboxylic acids is 1. The first-order chi connectivity index (χ1) is 14.5. The molecule has 31 heavy (non-hydrogen) atoms. The van der Waals surface area contributed by atoms with Gasteiger partial charge in [0, 0.05) is 36.8 Å². The lowest BCUT2D eigenvalue weighted by Crippen LogP contribution is -2.56. The molecule has 5 nitrogen and oxygen atoms in total. The number of hydrogen-bond donors (Lipinski definition) is 1. The lowest BCUT2D eigenvalue weighted by atomic mass is 9.81. The first kappa shape index (κ1) is 22.9. The maximum Gasteiger partial charge on any atom is 0.336 e. The molecular formula is C26H34N2O3. The zero-order chi connectivity index (χ0) is 22.9. The predicted molar refractivity (Wildman–Crippen MR) is 125 cm³/mol. The highest BCUT2D eigenvalue weighted by atomic mass is 16.4. The highest BCUT2D eigenvalue weighted by molar-refractivity contribution is 5.92. The highest BCUT2D eigenvalue weighted by Crippen LogP contribution is 2.30. The van der Waals surface area contributed by atoms with E-state index < -0.39 is 11.4 Å². The second-order valence-electron chi connectivity index (χ2n) is 9.61. The Morgan fingerprint density at radius 1 is 1.06 bits per heavy atom. The van der Waals surface area contributed by atoms with Gasteiger partial charge in [0.15, 0.2) is 0 Å². The maximum atomic E-state index is 13.5. The van der Waals surface area contributed by atoms with E-state index in [4.69, 9.17) is 0 Å². The number of hydrogen-bond acceptors (Lipinski definition) is 3.